The predicted molar refractivity (Wildman–Crippen MR) is 64.5 cm³/mol. The van der Waals surface area contributed by atoms with Crippen molar-refractivity contribution < 1.29 is 4.79 Å². The Bertz CT molecular complexity index is 550. The number of aryl methyl sites for hydroxylation is 2. The number of aromatic nitrogens is 4. The molecule has 0 amide bonds. The second-order valence-electron chi connectivity index (χ2n) is 3.73. The largest absolute Gasteiger partial charge is 0.289 e. The Balaban J connectivity index is 2.08. The van der Waals surface area contributed by atoms with Gasteiger partial charge in [-0.05, 0) is 19.1 Å². The van der Waals surface area contributed by atoms with Crippen molar-refractivity contribution in [2.45, 2.75) is 13.5 Å². The minimum atomic E-state index is -0.0534. The number of hydrogen-bond acceptors (Lipinski definition) is 3. The predicted octanol–water partition coefficient (Wildman–Crippen LogP) is 1.53. The highest BCUT2D eigenvalue weighted by Gasteiger charge is 2.03. The highest BCUT2D eigenvalue weighted by Crippen LogP contribution is 2.04. The number of rotatable bonds is 4. The second kappa shape index (κ2) is 4.78. The van der Waals surface area contributed by atoms with Crippen molar-refractivity contribution in [3.05, 3.63) is 42.0 Å². The molecule has 0 N–H and O–H groups in total. The minimum absolute atomic E-state index is 0.0534. The van der Waals surface area contributed by atoms with Crippen LogP contribution >= 0.6 is 0 Å². The average Bonchev–Trinajstić information content (AvgIpc) is 2.94. The fourth-order valence-corrected chi connectivity index (χ4v) is 1.46. The van der Waals surface area contributed by atoms with Gasteiger partial charge in [0.25, 0.3) is 0 Å². The van der Waals surface area contributed by atoms with Crippen molar-refractivity contribution in [1.82, 2.24) is 19.6 Å². The quantitative estimate of drug-likeness (QED) is 0.591. The van der Waals surface area contributed by atoms with Crippen molar-refractivity contribution in [1.29, 1.82) is 0 Å². The van der Waals surface area contributed by atoms with Gasteiger partial charge in [-0.15, -0.1) is 0 Å². The van der Waals surface area contributed by atoms with E-state index < -0.39 is 0 Å². The zero-order valence-corrected chi connectivity index (χ0v) is 9.87. The summed E-state index contributed by atoms with van der Waals surface area (Å²) in [6, 6.07) is 0. The fraction of sp³-hybridized carbons (Fsp3) is 0.250. The number of nitrogens with zero attached hydrogens (tertiary/aromatic N) is 4. The molecular formula is C12H14N4O. The van der Waals surface area contributed by atoms with Gasteiger partial charge in [0, 0.05) is 31.5 Å². The normalized spacial score (nSPS) is 11.2. The highest BCUT2D eigenvalue weighted by atomic mass is 16.1. The Labute approximate surface area is 99.4 Å². The van der Waals surface area contributed by atoms with Gasteiger partial charge in [0.1, 0.15) is 0 Å². The monoisotopic (exact) mass is 230 g/mol. The fourth-order valence-electron chi connectivity index (χ4n) is 1.46. The van der Waals surface area contributed by atoms with Gasteiger partial charge < -0.3 is 0 Å². The standard InChI is InChI=1S/C12H14N4O/c1-3-16-8-10(6-14-16)4-5-12(17)11-7-13-15(2)9-11/h4-9H,3H2,1-2H3/b5-4+. The van der Waals surface area contributed by atoms with E-state index in [9.17, 15) is 4.79 Å². The number of ketones is 1. The molecule has 0 atom stereocenters. The first kappa shape index (κ1) is 11.3. The van der Waals surface area contributed by atoms with Crippen LogP contribution in [0.4, 0.5) is 0 Å². The van der Waals surface area contributed by atoms with Crippen molar-refractivity contribution >= 4 is 11.9 Å². The van der Waals surface area contributed by atoms with Gasteiger partial charge in [-0.25, -0.2) is 0 Å². The molecule has 0 fully saturated rings. The Kier molecular flexibility index (Phi) is 3.18. The van der Waals surface area contributed by atoms with E-state index in [0.717, 1.165) is 12.1 Å². The molecule has 2 rings (SSSR count). The molecular weight excluding hydrogens is 216 g/mol. The van der Waals surface area contributed by atoms with Crippen LogP contribution in [0.5, 0.6) is 0 Å². The van der Waals surface area contributed by atoms with E-state index in [0.29, 0.717) is 5.56 Å². The van der Waals surface area contributed by atoms with Crippen molar-refractivity contribution in [2.75, 3.05) is 0 Å². The molecule has 0 spiro atoms. The third-order valence-electron chi connectivity index (χ3n) is 2.39. The number of allylic oxidation sites excluding steroid dienone is 1. The maximum absolute atomic E-state index is 11.7. The Hall–Kier alpha value is -2.17. The summed E-state index contributed by atoms with van der Waals surface area (Å²) >= 11 is 0. The van der Waals surface area contributed by atoms with Gasteiger partial charge in [-0.1, -0.05) is 0 Å². The summed E-state index contributed by atoms with van der Waals surface area (Å²) in [7, 11) is 1.78. The Morgan fingerprint density at radius 3 is 2.76 bits per heavy atom. The lowest BCUT2D eigenvalue weighted by Crippen LogP contribution is -1.92. The molecule has 0 unspecified atom stereocenters. The van der Waals surface area contributed by atoms with Gasteiger partial charge in [0.15, 0.2) is 5.78 Å². The molecule has 0 aliphatic heterocycles. The van der Waals surface area contributed by atoms with Crippen molar-refractivity contribution in [3.8, 4) is 0 Å². The lowest BCUT2D eigenvalue weighted by atomic mass is 10.2. The summed E-state index contributed by atoms with van der Waals surface area (Å²) in [5, 5.41) is 8.08. The zero-order valence-electron chi connectivity index (χ0n) is 9.87. The van der Waals surface area contributed by atoms with E-state index in [1.54, 1.807) is 36.4 Å². The lowest BCUT2D eigenvalue weighted by molar-refractivity contribution is 0.104. The first-order chi connectivity index (χ1) is 8.19. The summed E-state index contributed by atoms with van der Waals surface area (Å²) in [5.41, 5.74) is 1.51. The molecule has 88 valence electrons. The van der Waals surface area contributed by atoms with Crippen LogP contribution in [0.3, 0.4) is 0 Å². The van der Waals surface area contributed by atoms with Crippen molar-refractivity contribution in [3.63, 3.8) is 0 Å². The van der Waals surface area contributed by atoms with Crippen LogP contribution < -0.4 is 0 Å². The van der Waals surface area contributed by atoms with Crippen LogP contribution in [-0.2, 0) is 13.6 Å². The molecule has 17 heavy (non-hydrogen) atoms. The molecule has 0 bridgehead atoms. The van der Waals surface area contributed by atoms with Gasteiger partial charge in [-0.2, -0.15) is 10.2 Å². The summed E-state index contributed by atoms with van der Waals surface area (Å²) < 4.78 is 3.42. The number of carbonyl (C=O) groups excluding carboxylic acids is 1. The molecule has 0 radical (unpaired) electrons. The number of hydrogen-bond donors (Lipinski definition) is 0. The molecule has 2 aromatic rings. The summed E-state index contributed by atoms with van der Waals surface area (Å²) in [6.45, 7) is 2.84. The number of carbonyl (C=O) groups is 1. The zero-order chi connectivity index (χ0) is 12.3. The maximum atomic E-state index is 11.7. The van der Waals surface area contributed by atoms with Gasteiger partial charge in [-0.3, -0.25) is 14.2 Å². The second-order valence-corrected chi connectivity index (χ2v) is 3.73. The van der Waals surface area contributed by atoms with Crippen LogP contribution in [0, 0.1) is 0 Å². The van der Waals surface area contributed by atoms with Gasteiger partial charge in [0.05, 0.1) is 18.0 Å². The Morgan fingerprint density at radius 1 is 1.35 bits per heavy atom. The molecule has 0 saturated carbocycles. The summed E-state index contributed by atoms with van der Waals surface area (Å²) in [6.07, 6.45) is 10.2. The third kappa shape index (κ3) is 2.69. The molecule has 0 saturated heterocycles. The molecule has 0 aliphatic rings. The maximum Gasteiger partial charge on any atom is 0.189 e. The first-order valence-electron chi connectivity index (χ1n) is 5.42. The summed E-state index contributed by atoms with van der Waals surface area (Å²) in [5.74, 6) is -0.0534. The topological polar surface area (TPSA) is 52.7 Å². The van der Waals surface area contributed by atoms with E-state index in [-0.39, 0.29) is 5.78 Å². The van der Waals surface area contributed by atoms with E-state index in [4.69, 9.17) is 0 Å². The van der Waals surface area contributed by atoms with E-state index >= 15 is 0 Å². The summed E-state index contributed by atoms with van der Waals surface area (Å²) in [4.78, 5) is 11.7. The molecule has 0 aromatic carbocycles. The Morgan fingerprint density at radius 2 is 2.18 bits per heavy atom. The smallest absolute Gasteiger partial charge is 0.189 e. The van der Waals surface area contributed by atoms with E-state index in [2.05, 4.69) is 10.2 Å². The van der Waals surface area contributed by atoms with Gasteiger partial charge >= 0.3 is 0 Å². The third-order valence-corrected chi connectivity index (χ3v) is 2.39. The van der Waals surface area contributed by atoms with Crippen LogP contribution in [0.15, 0.2) is 30.9 Å². The van der Waals surface area contributed by atoms with Crippen LogP contribution in [0.1, 0.15) is 22.8 Å². The molecule has 0 aliphatic carbocycles. The minimum Gasteiger partial charge on any atom is -0.289 e. The van der Waals surface area contributed by atoms with Crippen LogP contribution in [0.2, 0.25) is 0 Å². The van der Waals surface area contributed by atoms with E-state index in [1.165, 1.54) is 6.08 Å². The average molecular weight is 230 g/mol. The van der Waals surface area contributed by atoms with Crippen LogP contribution in [0.25, 0.3) is 6.08 Å². The molecule has 5 nitrogen and oxygen atoms in total. The molecule has 2 aromatic heterocycles. The van der Waals surface area contributed by atoms with Gasteiger partial charge in [0.2, 0.25) is 0 Å². The highest BCUT2D eigenvalue weighted by molar-refractivity contribution is 6.06. The lowest BCUT2D eigenvalue weighted by Gasteiger charge is -1.89. The van der Waals surface area contributed by atoms with E-state index in [1.807, 2.05) is 17.8 Å². The van der Waals surface area contributed by atoms with Crippen LogP contribution in [-0.4, -0.2) is 25.3 Å². The van der Waals surface area contributed by atoms with Crippen molar-refractivity contribution in [2.24, 2.45) is 7.05 Å². The SMILES string of the molecule is CCn1cc(/C=C/C(=O)c2cnn(C)c2)cn1. The molecule has 2 heterocycles. The molecule has 5 heteroatoms. The first-order valence-corrected chi connectivity index (χ1v) is 5.42.